The highest BCUT2D eigenvalue weighted by molar-refractivity contribution is 6.31. The van der Waals surface area contributed by atoms with E-state index in [4.69, 9.17) is 16.3 Å². The number of hydrogen-bond donors (Lipinski definition) is 0. The molecule has 9 heteroatoms. The third-order valence-electron chi connectivity index (χ3n) is 5.85. The van der Waals surface area contributed by atoms with E-state index >= 15 is 0 Å². The summed E-state index contributed by atoms with van der Waals surface area (Å²) in [6.07, 6.45) is -2.43. The van der Waals surface area contributed by atoms with Gasteiger partial charge in [-0.05, 0) is 35.9 Å². The van der Waals surface area contributed by atoms with Crippen molar-refractivity contribution in [1.29, 1.82) is 0 Å². The number of aryl methyl sites for hydroxylation is 1. The van der Waals surface area contributed by atoms with E-state index in [9.17, 15) is 18.0 Å². The minimum Gasteiger partial charge on any atom is -0.465 e. The number of alkyl halides is 3. The summed E-state index contributed by atoms with van der Waals surface area (Å²) in [5.74, 6) is -0.376. The van der Waals surface area contributed by atoms with Gasteiger partial charge >= 0.3 is 12.1 Å². The highest BCUT2D eigenvalue weighted by atomic mass is 35.5. The second kappa shape index (κ2) is 8.67. The summed E-state index contributed by atoms with van der Waals surface area (Å²) < 4.78 is 46.2. The van der Waals surface area contributed by atoms with Gasteiger partial charge in [0, 0.05) is 51.4 Å². The lowest BCUT2D eigenvalue weighted by atomic mass is 10.1. The van der Waals surface area contributed by atoms with E-state index in [1.54, 1.807) is 12.1 Å². The Morgan fingerprint density at radius 3 is 2.47 bits per heavy atom. The van der Waals surface area contributed by atoms with Crippen LogP contribution in [-0.4, -0.2) is 48.7 Å². The maximum absolute atomic E-state index is 13.1. The number of carbonyl (C=O) groups excluding carboxylic acids is 1. The monoisotopic (exact) mass is 465 g/mol. The maximum Gasteiger partial charge on any atom is 0.417 e. The Hall–Kier alpha value is -2.71. The Labute approximate surface area is 188 Å². The lowest BCUT2D eigenvalue weighted by Crippen LogP contribution is -2.45. The average molecular weight is 466 g/mol. The molecule has 1 aliphatic heterocycles. The molecule has 1 aliphatic rings. The quantitative estimate of drug-likeness (QED) is 0.510. The van der Waals surface area contributed by atoms with Crippen LogP contribution in [0, 0.1) is 0 Å². The summed E-state index contributed by atoms with van der Waals surface area (Å²) in [7, 11) is 3.29. The number of nitrogens with zero attached hydrogens (tertiary/aromatic N) is 3. The number of aromatic nitrogens is 1. The van der Waals surface area contributed by atoms with E-state index in [2.05, 4.69) is 9.80 Å². The lowest BCUT2D eigenvalue weighted by molar-refractivity contribution is -0.137. The first kappa shape index (κ1) is 22.5. The van der Waals surface area contributed by atoms with Crippen LogP contribution in [-0.2, 0) is 24.5 Å². The van der Waals surface area contributed by atoms with Gasteiger partial charge in [0.2, 0.25) is 0 Å². The van der Waals surface area contributed by atoms with Crippen LogP contribution in [0.25, 0.3) is 10.9 Å². The van der Waals surface area contributed by atoms with Gasteiger partial charge < -0.3 is 14.2 Å². The molecule has 2 heterocycles. The summed E-state index contributed by atoms with van der Waals surface area (Å²) in [6, 6.07) is 9.60. The number of carbonyl (C=O) groups is 1. The Bertz CT molecular complexity index is 1150. The Morgan fingerprint density at radius 1 is 1.09 bits per heavy atom. The number of ether oxygens (including phenoxy) is 1. The van der Waals surface area contributed by atoms with Crippen LogP contribution in [0.1, 0.15) is 21.5 Å². The summed E-state index contributed by atoms with van der Waals surface area (Å²) >= 11 is 5.73. The first-order valence-corrected chi connectivity index (χ1v) is 10.6. The highest BCUT2D eigenvalue weighted by Crippen LogP contribution is 2.35. The van der Waals surface area contributed by atoms with Gasteiger partial charge in [0.15, 0.2) is 0 Å². The number of halogens is 4. The van der Waals surface area contributed by atoms with Crippen LogP contribution in [0.3, 0.4) is 0 Å². The number of rotatable bonds is 4. The molecule has 1 fully saturated rings. The van der Waals surface area contributed by atoms with Crippen molar-refractivity contribution in [3.63, 3.8) is 0 Å². The van der Waals surface area contributed by atoms with E-state index < -0.39 is 11.7 Å². The predicted molar refractivity (Wildman–Crippen MR) is 118 cm³/mol. The third-order valence-corrected chi connectivity index (χ3v) is 6.18. The molecule has 0 saturated carbocycles. The first-order chi connectivity index (χ1) is 15.2. The Kier molecular flexibility index (Phi) is 6.09. The smallest absolute Gasteiger partial charge is 0.417 e. The molecule has 0 bridgehead atoms. The molecule has 2 aromatic carbocycles. The van der Waals surface area contributed by atoms with Crippen molar-refractivity contribution in [3.05, 3.63) is 64.3 Å². The molecule has 3 aromatic rings. The number of benzene rings is 2. The van der Waals surface area contributed by atoms with E-state index in [1.165, 1.54) is 13.2 Å². The molecule has 0 aliphatic carbocycles. The van der Waals surface area contributed by atoms with Crippen molar-refractivity contribution in [3.8, 4) is 0 Å². The van der Waals surface area contributed by atoms with Gasteiger partial charge in [0.1, 0.15) is 0 Å². The van der Waals surface area contributed by atoms with Crippen LogP contribution in [0.4, 0.5) is 18.9 Å². The van der Waals surface area contributed by atoms with Crippen molar-refractivity contribution in [2.75, 3.05) is 38.2 Å². The van der Waals surface area contributed by atoms with E-state index in [-0.39, 0.29) is 11.0 Å². The topological polar surface area (TPSA) is 37.7 Å². The second-order valence-electron chi connectivity index (χ2n) is 7.92. The molecule has 0 unspecified atom stereocenters. The molecule has 1 saturated heterocycles. The highest BCUT2D eigenvalue weighted by Gasteiger charge is 2.33. The van der Waals surface area contributed by atoms with Gasteiger partial charge in [0.05, 0.1) is 34.5 Å². The minimum atomic E-state index is -4.46. The van der Waals surface area contributed by atoms with Crippen molar-refractivity contribution < 1.29 is 22.7 Å². The molecule has 0 atom stereocenters. The third kappa shape index (κ3) is 4.42. The van der Waals surface area contributed by atoms with Gasteiger partial charge in [-0.15, -0.1) is 0 Å². The number of anilines is 1. The standard InChI is InChI=1S/C23H23ClF3N3O2/c1-28-14-21(17-5-4-16(12-20(17)28)22(31)32-2)30-9-7-29(8-10-30)13-15-3-6-19(24)18(11-15)23(25,26)27/h3-6,11-12,14H,7-10,13H2,1-2H3. The van der Waals surface area contributed by atoms with Crippen LogP contribution in [0.5, 0.6) is 0 Å². The zero-order valence-electron chi connectivity index (χ0n) is 17.7. The van der Waals surface area contributed by atoms with E-state index in [0.29, 0.717) is 17.7 Å². The second-order valence-corrected chi connectivity index (χ2v) is 8.33. The maximum atomic E-state index is 13.1. The first-order valence-electron chi connectivity index (χ1n) is 10.2. The largest absolute Gasteiger partial charge is 0.465 e. The molecule has 0 radical (unpaired) electrons. The van der Waals surface area contributed by atoms with Crippen molar-refractivity contribution in [2.24, 2.45) is 7.05 Å². The van der Waals surface area contributed by atoms with Crippen molar-refractivity contribution in [2.45, 2.75) is 12.7 Å². The molecule has 1 aromatic heterocycles. The van der Waals surface area contributed by atoms with Gasteiger partial charge in [-0.1, -0.05) is 17.7 Å². The van der Waals surface area contributed by atoms with Crippen LogP contribution >= 0.6 is 11.6 Å². The number of piperazine rings is 1. The van der Waals surface area contributed by atoms with Crippen molar-refractivity contribution in [1.82, 2.24) is 9.47 Å². The zero-order chi connectivity index (χ0) is 23.0. The van der Waals surface area contributed by atoms with Gasteiger partial charge in [-0.25, -0.2) is 4.79 Å². The molecule has 0 N–H and O–H groups in total. The van der Waals surface area contributed by atoms with Gasteiger partial charge in [-0.2, -0.15) is 13.2 Å². The molecule has 32 heavy (non-hydrogen) atoms. The van der Waals surface area contributed by atoms with E-state index in [0.717, 1.165) is 48.8 Å². The molecule has 5 nitrogen and oxygen atoms in total. The summed E-state index contributed by atoms with van der Waals surface area (Å²) in [5.41, 5.74) is 2.31. The summed E-state index contributed by atoms with van der Waals surface area (Å²) in [4.78, 5) is 16.2. The van der Waals surface area contributed by atoms with Gasteiger partial charge in [-0.3, -0.25) is 4.90 Å². The normalized spacial score (nSPS) is 15.4. The van der Waals surface area contributed by atoms with Crippen LogP contribution < -0.4 is 4.90 Å². The fraction of sp³-hybridized carbons (Fsp3) is 0.348. The molecular formula is C23H23ClF3N3O2. The Morgan fingerprint density at radius 2 is 1.81 bits per heavy atom. The lowest BCUT2D eigenvalue weighted by Gasteiger charge is -2.36. The molecule has 0 amide bonds. The molecular weight excluding hydrogens is 443 g/mol. The number of fused-ring (bicyclic) bond motifs is 1. The van der Waals surface area contributed by atoms with Crippen molar-refractivity contribution >= 4 is 34.2 Å². The van der Waals surface area contributed by atoms with E-state index in [1.807, 2.05) is 29.9 Å². The molecule has 0 spiro atoms. The molecule has 170 valence electrons. The van der Waals surface area contributed by atoms with Crippen LogP contribution in [0.15, 0.2) is 42.6 Å². The number of hydrogen-bond acceptors (Lipinski definition) is 4. The molecule has 4 rings (SSSR count). The number of methoxy groups -OCH3 is 1. The minimum absolute atomic E-state index is 0.280. The zero-order valence-corrected chi connectivity index (χ0v) is 18.5. The fourth-order valence-corrected chi connectivity index (χ4v) is 4.38. The SMILES string of the molecule is COC(=O)c1ccc2c(N3CCN(Cc4ccc(Cl)c(C(F)(F)F)c4)CC3)cn(C)c2c1. The summed E-state index contributed by atoms with van der Waals surface area (Å²) in [5, 5.41) is 0.763. The fourth-order valence-electron chi connectivity index (χ4n) is 4.15. The summed E-state index contributed by atoms with van der Waals surface area (Å²) in [6.45, 7) is 3.38. The van der Waals surface area contributed by atoms with Crippen LogP contribution in [0.2, 0.25) is 5.02 Å². The average Bonchev–Trinajstić information content (AvgIpc) is 3.10. The number of esters is 1. The predicted octanol–water partition coefficient (Wildman–Crippen LogP) is 4.96. The Balaban J connectivity index is 1.46. The van der Waals surface area contributed by atoms with Gasteiger partial charge in [0.25, 0.3) is 0 Å².